The van der Waals surface area contributed by atoms with Gasteiger partial charge in [0.1, 0.15) is 6.33 Å². The number of halogens is 1. The van der Waals surface area contributed by atoms with Crippen LogP contribution in [0, 0.1) is 0 Å². The minimum Gasteiger partial charge on any atom is -0.245 e. The number of fused-ring (bicyclic) bond motifs is 1. The summed E-state index contributed by atoms with van der Waals surface area (Å²) in [7, 11) is 0. The van der Waals surface area contributed by atoms with Gasteiger partial charge in [-0.1, -0.05) is 0 Å². The first kappa shape index (κ1) is 5.79. The molecule has 0 unspecified atom stereocenters. The lowest BCUT2D eigenvalue weighted by Crippen LogP contribution is -1.86. The standard InChI is InChI=1S/C5H3BrN4/c6-5-8-4-1-2-7-3-10(4)9-5/h1-3H. The zero-order valence-corrected chi connectivity index (χ0v) is 6.48. The lowest BCUT2D eigenvalue weighted by Gasteiger charge is -1.83. The lowest BCUT2D eigenvalue weighted by molar-refractivity contribution is 0.910. The molecular formula is C5H3BrN4. The summed E-state index contributed by atoms with van der Waals surface area (Å²) in [6, 6.07) is 1.79. The summed E-state index contributed by atoms with van der Waals surface area (Å²) in [5.74, 6) is 0. The van der Waals surface area contributed by atoms with E-state index in [1.54, 1.807) is 23.1 Å². The maximum absolute atomic E-state index is 4.04. The highest BCUT2D eigenvalue weighted by Crippen LogP contribution is 2.03. The van der Waals surface area contributed by atoms with Crippen LogP contribution < -0.4 is 0 Å². The molecule has 0 aliphatic carbocycles. The third-order valence-corrected chi connectivity index (χ3v) is 1.45. The predicted octanol–water partition coefficient (Wildman–Crippen LogP) is 0.887. The van der Waals surface area contributed by atoms with Gasteiger partial charge in [-0.25, -0.2) is 14.5 Å². The van der Waals surface area contributed by atoms with E-state index in [1.165, 1.54) is 0 Å². The Morgan fingerprint density at radius 1 is 1.50 bits per heavy atom. The largest absolute Gasteiger partial charge is 0.245 e. The molecule has 5 heteroatoms. The van der Waals surface area contributed by atoms with Gasteiger partial charge >= 0.3 is 0 Å². The van der Waals surface area contributed by atoms with Crippen LogP contribution in [0.25, 0.3) is 5.65 Å². The van der Waals surface area contributed by atoms with Crippen molar-refractivity contribution in [3.8, 4) is 0 Å². The molecule has 0 amide bonds. The monoisotopic (exact) mass is 198 g/mol. The molecule has 2 rings (SSSR count). The van der Waals surface area contributed by atoms with Crippen LogP contribution in [0.3, 0.4) is 0 Å². The first-order valence-electron chi connectivity index (χ1n) is 2.68. The summed E-state index contributed by atoms with van der Waals surface area (Å²) >= 11 is 3.15. The van der Waals surface area contributed by atoms with E-state index in [9.17, 15) is 0 Å². The molecule has 0 aliphatic rings. The number of aromatic nitrogens is 4. The molecule has 0 saturated carbocycles. The molecule has 2 aromatic heterocycles. The Hall–Kier alpha value is -0.970. The second-order valence-electron chi connectivity index (χ2n) is 1.76. The van der Waals surface area contributed by atoms with Crippen molar-refractivity contribution in [2.45, 2.75) is 0 Å². The molecule has 0 atom stereocenters. The molecule has 0 aliphatic heterocycles. The Morgan fingerprint density at radius 3 is 3.20 bits per heavy atom. The molecule has 0 bridgehead atoms. The second-order valence-corrected chi connectivity index (χ2v) is 2.47. The molecule has 50 valence electrons. The van der Waals surface area contributed by atoms with E-state index in [2.05, 4.69) is 31.0 Å². The van der Waals surface area contributed by atoms with E-state index in [4.69, 9.17) is 0 Å². The van der Waals surface area contributed by atoms with Crippen molar-refractivity contribution in [3.05, 3.63) is 23.3 Å². The zero-order chi connectivity index (χ0) is 6.97. The highest BCUT2D eigenvalue weighted by atomic mass is 79.9. The van der Waals surface area contributed by atoms with Crippen molar-refractivity contribution >= 4 is 21.6 Å². The summed E-state index contributed by atoms with van der Waals surface area (Å²) in [6.07, 6.45) is 3.28. The molecular weight excluding hydrogens is 196 g/mol. The summed E-state index contributed by atoms with van der Waals surface area (Å²) in [5.41, 5.74) is 0.793. The Morgan fingerprint density at radius 2 is 2.40 bits per heavy atom. The first-order chi connectivity index (χ1) is 4.86. The fourth-order valence-corrected chi connectivity index (χ4v) is 1.07. The van der Waals surface area contributed by atoms with Gasteiger partial charge in [0.15, 0.2) is 5.65 Å². The van der Waals surface area contributed by atoms with Crippen molar-refractivity contribution < 1.29 is 0 Å². The Kier molecular flexibility index (Phi) is 1.17. The average molecular weight is 199 g/mol. The Balaban J connectivity index is 2.88. The summed E-state index contributed by atoms with van der Waals surface area (Å²) in [5, 5.41) is 3.97. The van der Waals surface area contributed by atoms with E-state index in [0.29, 0.717) is 4.73 Å². The van der Waals surface area contributed by atoms with E-state index < -0.39 is 0 Å². The molecule has 10 heavy (non-hydrogen) atoms. The van der Waals surface area contributed by atoms with Crippen LogP contribution in [0.5, 0.6) is 0 Å². The van der Waals surface area contributed by atoms with Gasteiger partial charge in [-0.2, -0.15) is 0 Å². The average Bonchev–Trinajstić information content (AvgIpc) is 2.27. The maximum atomic E-state index is 4.04. The highest BCUT2D eigenvalue weighted by molar-refractivity contribution is 9.10. The van der Waals surface area contributed by atoms with Gasteiger partial charge in [0.25, 0.3) is 0 Å². The van der Waals surface area contributed by atoms with Gasteiger partial charge in [0, 0.05) is 12.3 Å². The summed E-state index contributed by atoms with van der Waals surface area (Å²) in [4.78, 5) is 7.91. The SMILES string of the molecule is Brc1nc2ccncn2n1. The topological polar surface area (TPSA) is 43.1 Å². The number of hydrogen-bond acceptors (Lipinski definition) is 3. The predicted molar refractivity (Wildman–Crippen MR) is 38.5 cm³/mol. The van der Waals surface area contributed by atoms with Crippen molar-refractivity contribution in [1.82, 2.24) is 19.6 Å². The van der Waals surface area contributed by atoms with Crippen LogP contribution in [0.2, 0.25) is 0 Å². The molecule has 0 aromatic carbocycles. The van der Waals surface area contributed by atoms with Gasteiger partial charge < -0.3 is 0 Å². The molecule has 2 heterocycles. The molecule has 2 aromatic rings. The minimum absolute atomic E-state index is 0.584. The third-order valence-electron chi connectivity index (χ3n) is 1.12. The van der Waals surface area contributed by atoms with Crippen molar-refractivity contribution in [2.24, 2.45) is 0 Å². The van der Waals surface area contributed by atoms with Gasteiger partial charge in [0.2, 0.25) is 4.73 Å². The van der Waals surface area contributed by atoms with E-state index in [0.717, 1.165) is 5.65 Å². The fraction of sp³-hybridized carbons (Fsp3) is 0. The van der Waals surface area contributed by atoms with Crippen LogP contribution >= 0.6 is 15.9 Å². The van der Waals surface area contributed by atoms with Crippen LogP contribution in [0.4, 0.5) is 0 Å². The molecule has 4 nitrogen and oxygen atoms in total. The normalized spacial score (nSPS) is 10.5. The van der Waals surface area contributed by atoms with Crippen LogP contribution in [0.15, 0.2) is 23.3 Å². The van der Waals surface area contributed by atoms with E-state index in [-0.39, 0.29) is 0 Å². The van der Waals surface area contributed by atoms with Gasteiger partial charge in [-0.05, 0) is 15.9 Å². The van der Waals surface area contributed by atoms with Gasteiger partial charge in [0.05, 0.1) is 0 Å². The van der Waals surface area contributed by atoms with E-state index >= 15 is 0 Å². The molecule has 0 saturated heterocycles. The van der Waals surface area contributed by atoms with Gasteiger partial charge in [-0.15, -0.1) is 5.10 Å². The number of hydrogen-bond donors (Lipinski definition) is 0. The molecule has 0 fully saturated rings. The van der Waals surface area contributed by atoms with E-state index in [1.807, 2.05) is 0 Å². The fourth-order valence-electron chi connectivity index (χ4n) is 0.718. The Bertz CT molecular complexity index is 322. The first-order valence-corrected chi connectivity index (χ1v) is 3.47. The second kappa shape index (κ2) is 2.02. The quantitative estimate of drug-likeness (QED) is 0.632. The van der Waals surface area contributed by atoms with Crippen LogP contribution in [-0.2, 0) is 0 Å². The number of rotatable bonds is 0. The van der Waals surface area contributed by atoms with Crippen molar-refractivity contribution in [1.29, 1.82) is 0 Å². The number of nitrogens with zero attached hydrogens (tertiary/aromatic N) is 4. The maximum Gasteiger partial charge on any atom is 0.218 e. The van der Waals surface area contributed by atoms with Crippen molar-refractivity contribution in [3.63, 3.8) is 0 Å². The highest BCUT2D eigenvalue weighted by Gasteiger charge is 1.96. The molecule has 0 radical (unpaired) electrons. The summed E-state index contributed by atoms with van der Waals surface area (Å²) in [6.45, 7) is 0. The smallest absolute Gasteiger partial charge is 0.218 e. The van der Waals surface area contributed by atoms with Crippen LogP contribution in [0.1, 0.15) is 0 Å². The lowest BCUT2D eigenvalue weighted by atomic mass is 10.6. The molecule has 0 N–H and O–H groups in total. The molecule has 0 spiro atoms. The van der Waals surface area contributed by atoms with Gasteiger partial charge in [-0.3, -0.25) is 0 Å². The summed E-state index contributed by atoms with van der Waals surface area (Å²) < 4.78 is 2.19. The third kappa shape index (κ3) is 0.786. The Labute approximate surface area is 65.0 Å². The zero-order valence-electron chi connectivity index (χ0n) is 4.90. The van der Waals surface area contributed by atoms with Crippen molar-refractivity contribution in [2.75, 3.05) is 0 Å². The van der Waals surface area contributed by atoms with Crippen LogP contribution in [-0.4, -0.2) is 19.6 Å². The minimum atomic E-state index is 0.584.